The van der Waals surface area contributed by atoms with Gasteiger partial charge in [0.25, 0.3) is 5.43 Å². The molecule has 6 nitrogen and oxygen atoms in total. The van der Waals surface area contributed by atoms with E-state index in [1.54, 1.807) is 12.1 Å². The molecule has 0 aromatic heterocycles. The summed E-state index contributed by atoms with van der Waals surface area (Å²) in [5.74, 6) is -1.52. The van der Waals surface area contributed by atoms with Crippen LogP contribution in [-0.4, -0.2) is 22.7 Å². The number of allylic oxidation sites excluding steroid dienone is 1. The lowest BCUT2D eigenvalue weighted by Gasteiger charge is -2.26. The molecule has 1 heterocycles. The normalized spacial score (nSPS) is 17.5. The molecule has 3 rings (SSSR count). The van der Waals surface area contributed by atoms with Crippen molar-refractivity contribution in [1.29, 1.82) is 0 Å². The smallest absolute Gasteiger partial charge is 0.335 e. The van der Waals surface area contributed by atoms with E-state index in [2.05, 4.69) is 0 Å². The maximum Gasteiger partial charge on any atom is 0.335 e. The highest BCUT2D eigenvalue weighted by atomic mass is 16.4. The summed E-state index contributed by atoms with van der Waals surface area (Å²) < 4.78 is 0. The number of benzene rings is 1. The van der Waals surface area contributed by atoms with Crippen LogP contribution in [0.5, 0.6) is 5.75 Å². The second kappa shape index (κ2) is 5.06. The molecular weight excluding hydrogens is 310 g/mol. The van der Waals surface area contributed by atoms with Crippen LogP contribution in [0.15, 0.2) is 33.5 Å². The van der Waals surface area contributed by atoms with E-state index in [4.69, 9.17) is 0 Å². The summed E-state index contributed by atoms with van der Waals surface area (Å²) in [4.78, 5) is 36.1. The van der Waals surface area contributed by atoms with Gasteiger partial charge in [-0.25, -0.2) is 4.79 Å². The Balaban J connectivity index is 2.21. The van der Waals surface area contributed by atoms with Crippen LogP contribution in [0, 0.1) is 0 Å². The van der Waals surface area contributed by atoms with Gasteiger partial charge in [-0.05, 0) is 36.8 Å². The second-order valence-corrected chi connectivity index (χ2v) is 6.36. The predicted octanol–water partition coefficient (Wildman–Crippen LogP) is 1.84. The molecule has 2 aromatic rings. The first-order valence-corrected chi connectivity index (χ1v) is 7.60. The summed E-state index contributed by atoms with van der Waals surface area (Å²) in [6.07, 6.45) is 1.53. The quantitative estimate of drug-likeness (QED) is 0.835. The van der Waals surface area contributed by atoms with E-state index < -0.39 is 28.0 Å². The van der Waals surface area contributed by atoms with Crippen molar-refractivity contribution < 1.29 is 15.0 Å². The van der Waals surface area contributed by atoms with E-state index in [9.17, 15) is 24.6 Å². The van der Waals surface area contributed by atoms with Crippen LogP contribution < -0.4 is 15.8 Å². The van der Waals surface area contributed by atoms with Gasteiger partial charge in [0.15, 0.2) is 5.75 Å². The largest absolute Gasteiger partial charge is 0.504 e. The van der Waals surface area contributed by atoms with Gasteiger partial charge in [-0.15, -0.1) is 0 Å². The molecule has 0 spiro atoms. The molecule has 0 bridgehead atoms. The summed E-state index contributed by atoms with van der Waals surface area (Å²) in [5.41, 5.74) is 0.489. The molecular formula is C18H17NO5. The minimum absolute atomic E-state index is 0.00721. The van der Waals surface area contributed by atoms with E-state index in [0.29, 0.717) is 6.54 Å². The van der Waals surface area contributed by atoms with Gasteiger partial charge in [0.1, 0.15) is 0 Å². The summed E-state index contributed by atoms with van der Waals surface area (Å²) in [7, 11) is 0. The number of carboxylic acids is 1. The van der Waals surface area contributed by atoms with E-state index in [-0.39, 0.29) is 11.1 Å². The first-order valence-electron chi connectivity index (χ1n) is 7.60. The lowest BCUT2D eigenvalue weighted by Crippen LogP contribution is -2.34. The molecule has 0 saturated heterocycles. The average molecular weight is 327 g/mol. The monoisotopic (exact) mass is 327 g/mol. The molecule has 0 unspecified atom stereocenters. The number of nitrogens with zero attached hydrogens (tertiary/aromatic N) is 1. The van der Waals surface area contributed by atoms with E-state index in [1.807, 2.05) is 25.7 Å². The summed E-state index contributed by atoms with van der Waals surface area (Å²) >= 11 is 0. The fourth-order valence-corrected chi connectivity index (χ4v) is 3.28. The maximum absolute atomic E-state index is 11.7. The van der Waals surface area contributed by atoms with Crippen LogP contribution in [-0.2, 0) is 5.41 Å². The molecule has 0 saturated carbocycles. The Morgan fingerprint density at radius 1 is 1.25 bits per heavy atom. The fourth-order valence-electron chi connectivity index (χ4n) is 3.28. The topological polar surface area (TPSA) is 94.9 Å². The van der Waals surface area contributed by atoms with E-state index in [0.717, 1.165) is 16.9 Å². The van der Waals surface area contributed by atoms with Gasteiger partial charge in [0.2, 0.25) is 5.43 Å². The number of likely N-dealkylation sites (N-methyl/N-ethyl adjacent to an activating group) is 1. The van der Waals surface area contributed by atoms with Gasteiger partial charge in [-0.2, -0.15) is 0 Å². The van der Waals surface area contributed by atoms with Crippen molar-refractivity contribution in [3.8, 4) is 5.75 Å². The van der Waals surface area contributed by atoms with Crippen LogP contribution in [0.2, 0.25) is 0 Å². The molecule has 0 fully saturated rings. The zero-order valence-electron chi connectivity index (χ0n) is 13.6. The van der Waals surface area contributed by atoms with Gasteiger partial charge in [-0.1, -0.05) is 13.8 Å². The lowest BCUT2D eigenvalue weighted by molar-refractivity contribution is 0.0697. The van der Waals surface area contributed by atoms with Crippen molar-refractivity contribution in [2.24, 2.45) is 0 Å². The zero-order valence-corrected chi connectivity index (χ0v) is 13.6. The minimum Gasteiger partial charge on any atom is -0.504 e. The lowest BCUT2D eigenvalue weighted by atomic mass is 9.82. The van der Waals surface area contributed by atoms with Crippen LogP contribution in [0.25, 0.3) is 6.08 Å². The number of aromatic carboxylic acids is 1. The number of hydrogen-bond donors (Lipinski definition) is 2. The molecule has 24 heavy (non-hydrogen) atoms. The highest BCUT2D eigenvalue weighted by molar-refractivity contribution is 5.90. The summed E-state index contributed by atoms with van der Waals surface area (Å²) in [6.45, 7) is 6.38. The third kappa shape index (κ3) is 1.99. The Morgan fingerprint density at radius 3 is 2.46 bits per heavy atom. The maximum atomic E-state index is 11.7. The number of carboxylic acid groups (broad SMARTS) is 1. The number of rotatable bonds is 3. The molecule has 1 aliphatic heterocycles. The SMILES string of the molecule is CCN1/C(=C/c2c(O)c(=O)c2=O)C(C)(C)c2cc(C(=O)O)ccc21. The van der Waals surface area contributed by atoms with Crippen molar-refractivity contribution in [2.75, 3.05) is 11.4 Å². The molecule has 6 heteroatoms. The highest BCUT2D eigenvalue weighted by Gasteiger charge is 2.40. The van der Waals surface area contributed by atoms with Gasteiger partial charge in [-0.3, -0.25) is 9.59 Å². The van der Waals surface area contributed by atoms with Gasteiger partial charge >= 0.3 is 5.97 Å². The molecule has 124 valence electrons. The molecule has 0 aliphatic carbocycles. The Bertz CT molecular complexity index is 960. The van der Waals surface area contributed by atoms with Gasteiger partial charge in [0.05, 0.1) is 11.1 Å². The van der Waals surface area contributed by atoms with Gasteiger partial charge in [0, 0.05) is 23.3 Å². The van der Waals surface area contributed by atoms with Crippen LogP contribution in [0.1, 0.15) is 42.3 Å². The third-order valence-electron chi connectivity index (χ3n) is 4.66. The molecule has 0 radical (unpaired) electrons. The predicted molar refractivity (Wildman–Crippen MR) is 90.4 cm³/mol. The number of anilines is 1. The van der Waals surface area contributed by atoms with Crippen molar-refractivity contribution >= 4 is 17.7 Å². The number of aromatic hydroxyl groups is 1. The molecule has 0 amide bonds. The first kappa shape index (κ1) is 16.0. The summed E-state index contributed by atoms with van der Waals surface area (Å²) in [5, 5.41) is 18.9. The van der Waals surface area contributed by atoms with E-state index in [1.165, 1.54) is 12.1 Å². The van der Waals surface area contributed by atoms with Crippen LogP contribution in [0.3, 0.4) is 0 Å². The first-order chi connectivity index (χ1) is 11.2. The van der Waals surface area contributed by atoms with E-state index >= 15 is 0 Å². The Kier molecular flexibility index (Phi) is 3.37. The molecule has 1 aliphatic rings. The number of carbonyl (C=O) groups is 1. The van der Waals surface area contributed by atoms with Crippen molar-refractivity contribution in [3.05, 3.63) is 61.0 Å². The Morgan fingerprint density at radius 2 is 1.92 bits per heavy atom. The van der Waals surface area contributed by atoms with Crippen LogP contribution in [0.4, 0.5) is 5.69 Å². The van der Waals surface area contributed by atoms with Crippen molar-refractivity contribution in [3.63, 3.8) is 0 Å². The number of fused-ring (bicyclic) bond motifs is 1. The fraction of sp³-hybridized carbons (Fsp3) is 0.278. The molecule has 0 atom stereocenters. The average Bonchev–Trinajstić information content (AvgIpc) is 2.77. The second-order valence-electron chi connectivity index (χ2n) is 6.36. The minimum atomic E-state index is -1.01. The Labute approximate surface area is 138 Å². The van der Waals surface area contributed by atoms with Crippen molar-refractivity contribution in [1.82, 2.24) is 0 Å². The molecule has 2 N–H and O–H groups in total. The highest BCUT2D eigenvalue weighted by Crippen LogP contribution is 2.48. The van der Waals surface area contributed by atoms with Crippen LogP contribution >= 0.6 is 0 Å². The summed E-state index contributed by atoms with van der Waals surface area (Å²) in [6, 6.07) is 4.91. The zero-order chi connectivity index (χ0) is 17.8. The Hall–Kier alpha value is -2.89. The van der Waals surface area contributed by atoms with Crippen molar-refractivity contribution in [2.45, 2.75) is 26.2 Å². The third-order valence-corrected chi connectivity index (χ3v) is 4.66. The van der Waals surface area contributed by atoms with Gasteiger partial charge < -0.3 is 15.1 Å². The number of hydrogen-bond acceptors (Lipinski definition) is 5. The molecule has 2 aromatic carbocycles. The standard InChI is InChI=1S/C18H17NO5/c1-4-19-12-6-5-9(17(23)24)7-11(12)18(2,3)13(19)8-10-14(20)16(22)15(10)21/h5-8,20H,4H2,1-3H3,(H,23,24)/b13-8+.